The molecule has 3 rings (SSSR count). The Morgan fingerprint density at radius 3 is 2.75 bits per heavy atom. The number of nitrogens with one attached hydrogen (secondary N) is 2. The van der Waals surface area contributed by atoms with E-state index in [9.17, 15) is 14.4 Å². The molecular weight excluding hydrogens is 310 g/mol. The van der Waals surface area contributed by atoms with Crippen LogP contribution in [-0.4, -0.2) is 41.5 Å². The van der Waals surface area contributed by atoms with Crippen molar-refractivity contribution in [3.63, 3.8) is 0 Å². The highest BCUT2D eigenvalue weighted by atomic mass is 16.5. The average Bonchev–Trinajstić information content (AvgIpc) is 3.27. The van der Waals surface area contributed by atoms with Gasteiger partial charge in [0.1, 0.15) is 11.3 Å². The van der Waals surface area contributed by atoms with Crippen molar-refractivity contribution in [2.75, 3.05) is 19.6 Å². The summed E-state index contributed by atoms with van der Waals surface area (Å²) in [5.74, 6) is 0.340. The lowest BCUT2D eigenvalue weighted by Gasteiger charge is -2.27. The molecule has 1 saturated carbocycles. The molecule has 1 unspecified atom stereocenters. The van der Waals surface area contributed by atoms with E-state index in [0.717, 1.165) is 38.6 Å². The standard InChI is InChI=1S/C17H25N3O4/c1-11-13(15(22)19-24-11)14(21)18-9-12-5-3-4-8-20(10-12)16(23)17(2)6-7-17/h12H,3-10H2,1-2H3,(H,18,21)(H,19,22). The van der Waals surface area contributed by atoms with Gasteiger partial charge in [0.25, 0.3) is 11.5 Å². The summed E-state index contributed by atoms with van der Waals surface area (Å²) in [4.78, 5) is 38.3. The Labute approximate surface area is 140 Å². The predicted octanol–water partition coefficient (Wildman–Crippen LogP) is 1.43. The first-order valence-electron chi connectivity index (χ1n) is 8.66. The zero-order valence-electron chi connectivity index (χ0n) is 14.3. The lowest BCUT2D eigenvalue weighted by atomic mass is 10.0. The number of carbonyl (C=O) groups excluding carboxylic acids is 2. The Bertz CT molecular complexity index is 686. The van der Waals surface area contributed by atoms with Crippen molar-refractivity contribution in [3.05, 3.63) is 21.7 Å². The number of aromatic nitrogens is 1. The van der Waals surface area contributed by atoms with E-state index in [-0.39, 0.29) is 28.6 Å². The average molecular weight is 335 g/mol. The smallest absolute Gasteiger partial charge is 0.293 e. The molecule has 1 aromatic rings. The quantitative estimate of drug-likeness (QED) is 0.870. The van der Waals surface area contributed by atoms with Crippen LogP contribution in [0.1, 0.15) is 55.1 Å². The summed E-state index contributed by atoms with van der Waals surface area (Å²) in [6.07, 6.45) is 4.99. The minimum atomic E-state index is -0.510. The third kappa shape index (κ3) is 3.39. The van der Waals surface area contributed by atoms with E-state index in [1.54, 1.807) is 6.92 Å². The summed E-state index contributed by atoms with van der Waals surface area (Å²) >= 11 is 0. The second kappa shape index (κ2) is 6.45. The minimum absolute atomic E-state index is 0.0297. The van der Waals surface area contributed by atoms with Gasteiger partial charge in [0.05, 0.1) is 0 Å². The molecule has 2 N–H and O–H groups in total. The Morgan fingerprint density at radius 1 is 1.38 bits per heavy atom. The number of nitrogens with zero attached hydrogens (tertiary/aromatic N) is 1. The molecule has 2 fully saturated rings. The van der Waals surface area contributed by atoms with E-state index < -0.39 is 11.5 Å². The SMILES string of the molecule is Cc1o[nH]c(=O)c1C(=O)NCC1CCCCN(C(=O)C2(C)CC2)C1. The first-order chi connectivity index (χ1) is 11.4. The highest BCUT2D eigenvalue weighted by molar-refractivity contribution is 5.94. The summed E-state index contributed by atoms with van der Waals surface area (Å²) in [5.41, 5.74) is -0.634. The monoisotopic (exact) mass is 335 g/mol. The molecule has 0 bridgehead atoms. The topological polar surface area (TPSA) is 95.4 Å². The number of likely N-dealkylation sites (tertiary alicyclic amines) is 1. The molecule has 0 radical (unpaired) electrons. The molecule has 0 aromatic carbocycles. The fourth-order valence-corrected chi connectivity index (χ4v) is 3.34. The van der Waals surface area contributed by atoms with Crippen LogP contribution in [0.15, 0.2) is 9.32 Å². The Morgan fingerprint density at radius 2 is 2.12 bits per heavy atom. The van der Waals surface area contributed by atoms with E-state index >= 15 is 0 Å². The van der Waals surface area contributed by atoms with Gasteiger partial charge in [0.15, 0.2) is 0 Å². The van der Waals surface area contributed by atoms with Gasteiger partial charge in [-0.1, -0.05) is 13.3 Å². The molecular formula is C17H25N3O4. The van der Waals surface area contributed by atoms with Crippen LogP contribution in [0.4, 0.5) is 0 Å². The second-order valence-electron chi connectivity index (χ2n) is 7.35. The number of rotatable bonds is 4. The molecule has 1 saturated heterocycles. The molecule has 24 heavy (non-hydrogen) atoms. The van der Waals surface area contributed by atoms with Crippen LogP contribution >= 0.6 is 0 Å². The van der Waals surface area contributed by atoms with Crippen LogP contribution in [0.3, 0.4) is 0 Å². The van der Waals surface area contributed by atoms with E-state index in [4.69, 9.17) is 4.52 Å². The molecule has 2 aliphatic rings. The number of amides is 2. The molecule has 1 aliphatic carbocycles. The first-order valence-corrected chi connectivity index (χ1v) is 8.66. The summed E-state index contributed by atoms with van der Waals surface area (Å²) in [6, 6.07) is 0. The van der Waals surface area contributed by atoms with Crippen LogP contribution in [0.5, 0.6) is 0 Å². The molecule has 132 valence electrons. The van der Waals surface area contributed by atoms with Crippen molar-refractivity contribution < 1.29 is 14.1 Å². The number of carbonyl (C=O) groups is 2. The Balaban J connectivity index is 1.59. The van der Waals surface area contributed by atoms with Crippen molar-refractivity contribution in [2.24, 2.45) is 11.3 Å². The van der Waals surface area contributed by atoms with Crippen molar-refractivity contribution in [1.82, 2.24) is 15.4 Å². The molecule has 2 heterocycles. The summed E-state index contributed by atoms with van der Waals surface area (Å²) in [7, 11) is 0. The van der Waals surface area contributed by atoms with Gasteiger partial charge in [-0.15, -0.1) is 0 Å². The number of aryl methyl sites for hydroxylation is 1. The summed E-state index contributed by atoms with van der Waals surface area (Å²) in [6.45, 7) is 5.55. The van der Waals surface area contributed by atoms with E-state index in [1.807, 2.05) is 11.8 Å². The minimum Gasteiger partial charge on any atom is -0.383 e. The summed E-state index contributed by atoms with van der Waals surface area (Å²) in [5, 5.41) is 4.99. The maximum Gasteiger partial charge on any atom is 0.293 e. The molecule has 2 amide bonds. The number of hydrogen-bond donors (Lipinski definition) is 2. The Hall–Kier alpha value is -2.05. The first kappa shape index (κ1) is 16.8. The van der Waals surface area contributed by atoms with E-state index in [1.165, 1.54) is 0 Å². The van der Waals surface area contributed by atoms with Crippen molar-refractivity contribution >= 4 is 11.8 Å². The number of aromatic amines is 1. The van der Waals surface area contributed by atoms with Crippen molar-refractivity contribution in [2.45, 2.75) is 46.0 Å². The van der Waals surface area contributed by atoms with Crippen molar-refractivity contribution in [1.29, 1.82) is 0 Å². The highest BCUT2D eigenvalue weighted by Crippen LogP contribution is 2.46. The van der Waals surface area contributed by atoms with Gasteiger partial charge in [-0.25, -0.2) is 0 Å². The number of H-pyrrole nitrogens is 1. The third-order valence-electron chi connectivity index (χ3n) is 5.23. The van der Waals surface area contributed by atoms with Gasteiger partial charge in [-0.2, -0.15) is 5.16 Å². The van der Waals surface area contributed by atoms with Crippen LogP contribution in [0.25, 0.3) is 0 Å². The van der Waals surface area contributed by atoms with Gasteiger partial charge in [-0.3, -0.25) is 14.4 Å². The van der Waals surface area contributed by atoms with E-state index in [2.05, 4.69) is 10.5 Å². The van der Waals surface area contributed by atoms with Gasteiger partial charge < -0.3 is 14.7 Å². The van der Waals surface area contributed by atoms with Gasteiger partial charge >= 0.3 is 0 Å². The fraction of sp³-hybridized carbons (Fsp3) is 0.706. The van der Waals surface area contributed by atoms with Crippen LogP contribution in [0.2, 0.25) is 0 Å². The van der Waals surface area contributed by atoms with Crippen LogP contribution in [0, 0.1) is 18.3 Å². The predicted molar refractivity (Wildman–Crippen MR) is 87.7 cm³/mol. The number of hydrogen-bond acceptors (Lipinski definition) is 4. The van der Waals surface area contributed by atoms with E-state index in [0.29, 0.717) is 13.1 Å². The molecule has 0 spiro atoms. The maximum absolute atomic E-state index is 12.6. The third-order valence-corrected chi connectivity index (χ3v) is 5.23. The molecule has 1 aromatic heterocycles. The largest absolute Gasteiger partial charge is 0.383 e. The Kier molecular flexibility index (Phi) is 4.51. The zero-order valence-corrected chi connectivity index (χ0v) is 14.3. The highest BCUT2D eigenvalue weighted by Gasteiger charge is 2.47. The van der Waals surface area contributed by atoms with Gasteiger partial charge in [0.2, 0.25) is 5.91 Å². The lowest BCUT2D eigenvalue weighted by Crippen LogP contribution is -2.42. The van der Waals surface area contributed by atoms with Gasteiger partial charge in [0, 0.05) is 25.0 Å². The zero-order chi connectivity index (χ0) is 17.3. The van der Waals surface area contributed by atoms with Crippen molar-refractivity contribution in [3.8, 4) is 0 Å². The molecule has 7 heteroatoms. The molecule has 1 aliphatic heterocycles. The second-order valence-corrected chi connectivity index (χ2v) is 7.35. The summed E-state index contributed by atoms with van der Waals surface area (Å²) < 4.78 is 4.87. The molecule has 7 nitrogen and oxygen atoms in total. The maximum atomic E-state index is 12.6. The van der Waals surface area contributed by atoms with Crippen LogP contribution < -0.4 is 10.9 Å². The fourth-order valence-electron chi connectivity index (χ4n) is 3.34. The van der Waals surface area contributed by atoms with Crippen LogP contribution in [-0.2, 0) is 4.79 Å². The molecule has 1 atom stereocenters. The lowest BCUT2D eigenvalue weighted by molar-refractivity contribution is -0.136. The van der Waals surface area contributed by atoms with Gasteiger partial charge in [-0.05, 0) is 38.5 Å². The normalized spacial score (nSPS) is 22.8.